The lowest BCUT2D eigenvalue weighted by molar-refractivity contribution is -0.705. The first-order valence-electron chi connectivity index (χ1n) is 9.72. The summed E-state index contributed by atoms with van der Waals surface area (Å²) in [6, 6.07) is 13.0. The molecule has 2 heterocycles. The molecule has 0 saturated carbocycles. The second-order valence-corrected chi connectivity index (χ2v) is 9.25. The molecule has 4 nitrogen and oxygen atoms in total. The molecule has 0 bridgehead atoms. The SMILES string of the molecule is CC(C)(C)c1ccc2c[n+](CC(C)(C)c3ccc4ncncc4c3)cnc2c1. The van der Waals surface area contributed by atoms with Gasteiger partial charge in [-0.25, -0.2) is 14.5 Å². The van der Waals surface area contributed by atoms with Crippen LogP contribution in [0, 0.1) is 0 Å². The van der Waals surface area contributed by atoms with Crippen LogP contribution in [-0.2, 0) is 17.4 Å². The molecular formula is C24H27N4+. The van der Waals surface area contributed by atoms with Gasteiger partial charge in [0.1, 0.15) is 12.5 Å². The smallest absolute Gasteiger partial charge is 0.244 e. The molecule has 0 amide bonds. The van der Waals surface area contributed by atoms with Gasteiger partial charge in [0.2, 0.25) is 0 Å². The summed E-state index contributed by atoms with van der Waals surface area (Å²) >= 11 is 0. The zero-order valence-corrected chi connectivity index (χ0v) is 17.3. The molecule has 0 atom stereocenters. The Balaban J connectivity index is 1.65. The lowest BCUT2D eigenvalue weighted by Crippen LogP contribution is -2.43. The zero-order valence-electron chi connectivity index (χ0n) is 17.3. The van der Waals surface area contributed by atoms with Crippen molar-refractivity contribution in [2.24, 2.45) is 0 Å². The van der Waals surface area contributed by atoms with Crippen LogP contribution < -0.4 is 4.57 Å². The second-order valence-electron chi connectivity index (χ2n) is 9.25. The Labute approximate surface area is 166 Å². The number of aromatic nitrogens is 4. The van der Waals surface area contributed by atoms with Crippen molar-refractivity contribution >= 4 is 21.8 Å². The van der Waals surface area contributed by atoms with Gasteiger partial charge in [0.25, 0.3) is 6.33 Å². The first-order valence-corrected chi connectivity index (χ1v) is 9.72. The lowest BCUT2D eigenvalue weighted by atomic mass is 9.84. The van der Waals surface area contributed by atoms with Gasteiger partial charge in [-0.2, -0.15) is 0 Å². The summed E-state index contributed by atoms with van der Waals surface area (Å²) in [4.78, 5) is 13.2. The van der Waals surface area contributed by atoms with Gasteiger partial charge in [-0.05, 0) is 45.8 Å². The summed E-state index contributed by atoms with van der Waals surface area (Å²) in [5.74, 6) is 0. The summed E-state index contributed by atoms with van der Waals surface area (Å²) in [6.07, 6.45) is 7.61. The molecule has 142 valence electrons. The maximum Gasteiger partial charge on any atom is 0.286 e. The number of hydrogen-bond donors (Lipinski definition) is 0. The van der Waals surface area contributed by atoms with Gasteiger partial charge in [0.15, 0.2) is 5.52 Å². The lowest BCUT2D eigenvalue weighted by Gasteiger charge is -2.24. The molecule has 0 spiro atoms. The quantitative estimate of drug-likeness (QED) is 0.489. The van der Waals surface area contributed by atoms with Gasteiger partial charge in [-0.1, -0.05) is 46.8 Å². The Morgan fingerprint density at radius 2 is 1.61 bits per heavy atom. The van der Waals surface area contributed by atoms with Gasteiger partial charge >= 0.3 is 0 Å². The van der Waals surface area contributed by atoms with E-state index >= 15 is 0 Å². The van der Waals surface area contributed by atoms with Crippen LogP contribution in [-0.4, -0.2) is 15.0 Å². The van der Waals surface area contributed by atoms with E-state index in [1.807, 2.05) is 12.5 Å². The number of nitrogens with zero attached hydrogens (tertiary/aromatic N) is 4. The van der Waals surface area contributed by atoms with E-state index in [9.17, 15) is 0 Å². The molecule has 0 saturated heterocycles. The van der Waals surface area contributed by atoms with Gasteiger partial charge in [0.05, 0.1) is 17.4 Å². The van der Waals surface area contributed by atoms with Crippen molar-refractivity contribution in [1.82, 2.24) is 15.0 Å². The van der Waals surface area contributed by atoms with Crippen molar-refractivity contribution < 1.29 is 4.57 Å². The Kier molecular flexibility index (Phi) is 4.37. The fourth-order valence-electron chi connectivity index (χ4n) is 3.62. The van der Waals surface area contributed by atoms with E-state index in [2.05, 4.69) is 91.7 Å². The van der Waals surface area contributed by atoms with Crippen molar-refractivity contribution in [2.45, 2.75) is 52.0 Å². The molecule has 28 heavy (non-hydrogen) atoms. The number of benzene rings is 2. The Morgan fingerprint density at radius 1 is 0.821 bits per heavy atom. The highest BCUT2D eigenvalue weighted by atomic mass is 15.0. The van der Waals surface area contributed by atoms with Crippen molar-refractivity contribution in [1.29, 1.82) is 0 Å². The van der Waals surface area contributed by atoms with Gasteiger partial charge in [-0.3, -0.25) is 0 Å². The van der Waals surface area contributed by atoms with Crippen LogP contribution in [0.4, 0.5) is 0 Å². The molecule has 4 heteroatoms. The Morgan fingerprint density at radius 3 is 2.39 bits per heavy atom. The largest absolute Gasteiger partial charge is 0.286 e. The summed E-state index contributed by atoms with van der Waals surface area (Å²) < 4.78 is 2.19. The van der Waals surface area contributed by atoms with Crippen LogP contribution >= 0.6 is 0 Å². The van der Waals surface area contributed by atoms with E-state index < -0.39 is 0 Å². The van der Waals surface area contributed by atoms with Crippen molar-refractivity contribution in [3.05, 3.63) is 72.6 Å². The average molecular weight is 372 g/mol. The summed E-state index contributed by atoms with van der Waals surface area (Å²) in [6.45, 7) is 12.1. The molecule has 2 aromatic carbocycles. The fraction of sp³-hybridized carbons (Fsp3) is 0.333. The van der Waals surface area contributed by atoms with Crippen LogP contribution in [0.5, 0.6) is 0 Å². The minimum absolute atomic E-state index is 0.0462. The van der Waals surface area contributed by atoms with Crippen LogP contribution in [0.15, 0.2) is 61.4 Å². The highest BCUT2D eigenvalue weighted by molar-refractivity contribution is 5.78. The molecule has 2 aromatic heterocycles. The van der Waals surface area contributed by atoms with Gasteiger partial charge in [0, 0.05) is 17.0 Å². The Bertz CT molecular complexity index is 1160. The van der Waals surface area contributed by atoms with Crippen molar-refractivity contribution in [2.75, 3.05) is 0 Å². The predicted octanol–water partition coefficient (Wildman–Crippen LogP) is 4.74. The fourth-order valence-corrected chi connectivity index (χ4v) is 3.62. The molecule has 0 radical (unpaired) electrons. The van der Waals surface area contributed by atoms with E-state index in [0.29, 0.717) is 0 Å². The van der Waals surface area contributed by atoms with E-state index in [4.69, 9.17) is 4.98 Å². The standard InChI is InChI=1S/C24H27N4/c1-23(2,3)19-7-6-17-13-28(16-27-22(17)11-19)14-24(4,5)20-8-9-21-18(10-20)12-25-15-26-21/h6-13,15-16H,14H2,1-5H3/q+1. The predicted molar refractivity (Wildman–Crippen MR) is 113 cm³/mol. The Hall–Kier alpha value is -2.88. The first kappa shape index (κ1) is 18.5. The molecule has 0 N–H and O–H groups in total. The topological polar surface area (TPSA) is 42.5 Å². The first-order chi connectivity index (χ1) is 13.2. The van der Waals surface area contributed by atoms with Crippen LogP contribution in [0.25, 0.3) is 21.8 Å². The number of hydrogen-bond acceptors (Lipinski definition) is 3. The van der Waals surface area contributed by atoms with Crippen molar-refractivity contribution in [3.8, 4) is 0 Å². The molecule has 0 fully saturated rings. The third kappa shape index (κ3) is 3.59. The molecule has 4 rings (SSSR count). The third-order valence-corrected chi connectivity index (χ3v) is 5.41. The van der Waals surface area contributed by atoms with Gasteiger partial charge < -0.3 is 0 Å². The minimum atomic E-state index is -0.0462. The van der Waals surface area contributed by atoms with Crippen molar-refractivity contribution in [3.63, 3.8) is 0 Å². The van der Waals surface area contributed by atoms with E-state index in [0.717, 1.165) is 23.0 Å². The maximum atomic E-state index is 4.73. The number of rotatable bonds is 3. The van der Waals surface area contributed by atoms with Gasteiger partial charge in [-0.15, -0.1) is 0 Å². The summed E-state index contributed by atoms with van der Waals surface area (Å²) in [5.41, 5.74) is 4.68. The van der Waals surface area contributed by atoms with Crippen LogP contribution in [0.1, 0.15) is 45.7 Å². The highest BCUT2D eigenvalue weighted by Crippen LogP contribution is 2.27. The molecule has 0 aliphatic rings. The van der Waals surface area contributed by atoms with Crippen LogP contribution in [0.3, 0.4) is 0 Å². The van der Waals surface area contributed by atoms with E-state index in [1.165, 1.54) is 16.5 Å². The molecule has 0 aliphatic heterocycles. The normalized spacial score (nSPS) is 12.6. The molecule has 4 aromatic rings. The maximum absolute atomic E-state index is 4.73. The average Bonchev–Trinajstić information content (AvgIpc) is 2.66. The molecule has 0 aliphatic carbocycles. The second kappa shape index (κ2) is 6.62. The molecule has 0 unspecified atom stereocenters. The zero-order chi connectivity index (χ0) is 19.9. The summed E-state index contributed by atoms with van der Waals surface area (Å²) in [5, 5.41) is 2.24. The molecular weight excluding hydrogens is 344 g/mol. The summed E-state index contributed by atoms with van der Waals surface area (Å²) in [7, 11) is 0. The number of fused-ring (bicyclic) bond motifs is 2. The monoisotopic (exact) mass is 371 g/mol. The third-order valence-electron chi connectivity index (χ3n) is 5.41. The van der Waals surface area contributed by atoms with Crippen LogP contribution in [0.2, 0.25) is 0 Å². The van der Waals surface area contributed by atoms with E-state index in [1.54, 1.807) is 6.33 Å². The minimum Gasteiger partial charge on any atom is -0.244 e. The van der Waals surface area contributed by atoms with E-state index in [-0.39, 0.29) is 10.8 Å². The highest BCUT2D eigenvalue weighted by Gasteiger charge is 2.25.